The predicted octanol–water partition coefficient (Wildman–Crippen LogP) is 4.38. The Bertz CT molecular complexity index is 928. The van der Waals surface area contributed by atoms with Gasteiger partial charge >= 0.3 is 0 Å². The van der Waals surface area contributed by atoms with Gasteiger partial charge in [-0.15, -0.1) is 0 Å². The highest BCUT2D eigenvalue weighted by atomic mass is 19.1. The number of hydrogen-bond donors (Lipinski definition) is 1. The molecule has 4 rings (SSSR count). The van der Waals surface area contributed by atoms with E-state index in [9.17, 15) is 9.50 Å². The molecule has 0 saturated carbocycles. The van der Waals surface area contributed by atoms with Gasteiger partial charge in [-0.1, -0.05) is 25.5 Å². The molecule has 1 aromatic heterocycles. The number of aromatic nitrogens is 2. The minimum atomic E-state index is -0.293. The number of para-hydroxylation sites is 1. The summed E-state index contributed by atoms with van der Waals surface area (Å²) < 4.78 is 13.8. The van der Waals surface area contributed by atoms with Crippen molar-refractivity contribution >= 4 is 16.7 Å². The summed E-state index contributed by atoms with van der Waals surface area (Å²) in [5.74, 6) is 1.69. The van der Waals surface area contributed by atoms with Gasteiger partial charge in [0.2, 0.25) is 0 Å². The van der Waals surface area contributed by atoms with Gasteiger partial charge in [0.05, 0.1) is 11.1 Å². The number of anilines is 1. The molecule has 1 aliphatic heterocycles. The molecule has 2 heterocycles. The second kappa shape index (κ2) is 6.31. The van der Waals surface area contributed by atoms with E-state index < -0.39 is 0 Å². The Balaban J connectivity index is 1.90. The van der Waals surface area contributed by atoms with Crippen LogP contribution in [0.1, 0.15) is 19.8 Å². The van der Waals surface area contributed by atoms with Gasteiger partial charge in [0.1, 0.15) is 17.4 Å². The van der Waals surface area contributed by atoms with E-state index in [2.05, 4.69) is 16.8 Å². The lowest BCUT2D eigenvalue weighted by atomic mass is 10.1. The third kappa shape index (κ3) is 2.90. The average molecular weight is 337 g/mol. The van der Waals surface area contributed by atoms with Crippen molar-refractivity contribution in [2.75, 3.05) is 18.0 Å². The van der Waals surface area contributed by atoms with Gasteiger partial charge in [0, 0.05) is 18.5 Å². The third-order valence-electron chi connectivity index (χ3n) is 4.95. The Morgan fingerprint density at radius 2 is 2.04 bits per heavy atom. The summed E-state index contributed by atoms with van der Waals surface area (Å²) in [6.45, 7) is 4.01. The number of hydrogen-bond acceptors (Lipinski definition) is 4. The van der Waals surface area contributed by atoms with Crippen molar-refractivity contribution in [1.29, 1.82) is 0 Å². The van der Waals surface area contributed by atoms with Crippen molar-refractivity contribution in [2.24, 2.45) is 5.92 Å². The molecular weight excluding hydrogens is 317 g/mol. The summed E-state index contributed by atoms with van der Waals surface area (Å²) >= 11 is 0. The van der Waals surface area contributed by atoms with E-state index >= 15 is 0 Å². The van der Waals surface area contributed by atoms with E-state index in [1.54, 1.807) is 24.3 Å². The first-order valence-corrected chi connectivity index (χ1v) is 8.66. The van der Waals surface area contributed by atoms with Crippen LogP contribution in [0.15, 0.2) is 42.5 Å². The van der Waals surface area contributed by atoms with Crippen LogP contribution in [0, 0.1) is 11.7 Å². The molecule has 5 heteroatoms. The van der Waals surface area contributed by atoms with Gasteiger partial charge < -0.3 is 10.0 Å². The van der Waals surface area contributed by atoms with Crippen LogP contribution >= 0.6 is 0 Å². The fourth-order valence-corrected chi connectivity index (χ4v) is 3.47. The molecular formula is C20H20FN3O. The van der Waals surface area contributed by atoms with Crippen LogP contribution in [-0.4, -0.2) is 28.2 Å². The molecule has 0 amide bonds. The van der Waals surface area contributed by atoms with Gasteiger partial charge in [-0.05, 0) is 42.7 Å². The molecule has 1 N–H and O–H groups in total. The number of benzene rings is 2. The van der Waals surface area contributed by atoms with Gasteiger partial charge in [-0.2, -0.15) is 0 Å². The number of phenolic OH excluding ortho intramolecular Hbond substituents is 1. The highest BCUT2D eigenvalue weighted by molar-refractivity contribution is 5.91. The molecule has 1 saturated heterocycles. The summed E-state index contributed by atoms with van der Waals surface area (Å²) in [4.78, 5) is 11.5. The quantitative estimate of drug-likeness (QED) is 0.771. The first-order valence-electron chi connectivity index (χ1n) is 8.66. The van der Waals surface area contributed by atoms with Gasteiger partial charge in [0.15, 0.2) is 5.82 Å². The van der Waals surface area contributed by atoms with Crippen LogP contribution in [0.25, 0.3) is 22.3 Å². The molecule has 128 valence electrons. The first kappa shape index (κ1) is 15.8. The zero-order chi connectivity index (χ0) is 17.4. The summed E-state index contributed by atoms with van der Waals surface area (Å²) in [5.41, 5.74) is 1.27. The number of phenols is 1. The van der Waals surface area contributed by atoms with E-state index in [1.807, 2.05) is 6.07 Å². The Labute approximate surface area is 146 Å². The summed E-state index contributed by atoms with van der Waals surface area (Å²) in [7, 11) is 0. The lowest BCUT2D eigenvalue weighted by molar-refractivity contribution is 0.477. The molecule has 0 radical (unpaired) electrons. The number of aromatic hydroxyl groups is 1. The lowest BCUT2D eigenvalue weighted by Gasteiger charge is -2.20. The Morgan fingerprint density at radius 1 is 1.20 bits per heavy atom. The van der Waals surface area contributed by atoms with Crippen molar-refractivity contribution in [2.45, 2.75) is 19.8 Å². The predicted molar refractivity (Wildman–Crippen MR) is 97.2 cm³/mol. The largest absolute Gasteiger partial charge is 0.507 e. The molecule has 0 spiro atoms. The van der Waals surface area contributed by atoms with Crippen LogP contribution in [0.2, 0.25) is 0 Å². The molecule has 25 heavy (non-hydrogen) atoms. The number of rotatable bonds is 3. The van der Waals surface area contributed by atoms with Crippen LogP contribution in [0.5, 0.6) is 5.75 Å². The summed E-state index contributed by atoms with van der Waals surface area (Å²) in [6, 6.07) is 11.6. The molecule has 0 aliphatic carbocycles. The topological polar surface area (TPSA) is 49.2 Å². The van der Waals surface area contributed by atoms with Crippen LogP contribution in [-0.2, 0) is 0 Å². The van der Waals surface area contributed by atoms with Crippen molar-refractivity contribution in [3.8, 4) is 17.1 Å². The van der Waals surface area contributed by atoms with Gasteiger partial charge in [0.25, 0.3) is 0 Å². The third-order valence-corrected chi connectivity index (χ3v) is 4.95. The number of halogens is 1. The van der Waals surface area contributed by atoms with E-state index in [-0.39, 0.29) is 11.6 Å². The highest BCUT2D eigenvalue weighted by Crippen LogP contribution is 2.34. The molecule has 1 aliphatic rings. The van der Waals surface area contributed by atoms with E-state index in [1.165, 1.54) is 12.1 Å². The Hall–Kier alpha value is -2.69. The Kier molecular flexibility index (Phi) is 3.99. The standard InChI is InChI=1S/C20H20FN3O/c1-2-13-9-10-24(12-13)20-16-11-14(21)7-8-17(16)22-19(23-20)15-5-3-4-6-18(15)25/h3-8,11,13,25H,2,9-10,12H2,1H3. The maximum atomic E-state index is 13.8. The molecule has 0 bridgehead atoms. The second-order valence-corrected chi connectivity index (χ2v) is 6.56. The normalized spacial score (nSPS) is 17.4. The Morgan fingerprint density at radius 3 is 2.80 bits per heavy atom. The van der Waals surface area contributed by atoms with Crippen molar-refractivity contribution in [1.82, 2.24) is 9.97 Å². The lowest BCUT2D eigenvalue weighted by Crippen LogP contribution is -2.21. The zero-order valence-electron chi connectivity index (χ0n) is 14.1. The average Bonchev–Trinajstić information content (AvgIpc) is 3.10. The maximum Gasteiger partial charge on any atom is 0.165 e. The molecule has 2 aromatic carbocycles. The van der Waals surface area contributed by atoms with E-state index in [0.29, 0.717) is 22.8 Å². The smallest absolute Gasteiger partial charge is 0.165 e. The second-order valence-electron chi connectivity index (χ2n) is 6.56. The fourth-order valence-electron chi connectivity index (χ4n) is 3.47. The van der Waals surface area contributed by atoms with E-state index in [4.69, 9.17) is 4.98 Å². The molecule has 4 nitrogen and oxygen atoms in total. The number of fused-ring (bicyclic) bond motifs is 1. The van der Waals surface area contributed by atoms with Crippen molar-refractivity contribution in [3.63, 3.8) is 0 Å². The highest BCUT2D eigenvalue weighted by Gasteiger charge is 2.25. The monoisotopic (exact) mass is 337 g/mol. The minimum absolute atomic E-state index is 0.141. The van der Waals surface area contributed by atoms with E-state index in [0.717, 1.165) is 37.1 Å². The molecule has 1 unspecified atom stereocenters. The SMILES string of the molecule is CCC1CCN(c2nc(-c3ccccc3O)nc3ccc(F)cc23)C1. The van der Waals surface area contributed by atoms with Gasteiger partial charge in [-0.25, -0.2) is 14.4 Å². The van der Waals surface area contributed by atoms with Gasteiger partial charge in [-0.3, -0.25) is 0 Å². The van der Waals surface area contributed by atoms with Crippen molar-refractivity contribution in [3.05, 3.63) is 48.3 Å². The molecule has 3 aromatic rings. The van der Waals surface area contributed by atoms with Crippen LogP contribution < -0.4 is 4.90 Å². The maximum absolute atomic E-state index is 13.8. The first-order chi connectivity index (χ1) is 12.2. The number of nitrogens with zero attached hydrogens (tertiary/aromatic N) is 3. The minimum Gasteiger partial charge on any atom is -0.507 e. The van der Waals surface area contributed by atoms with Crippen LogP contribution in [0.4, 0.5) is 10.2 Å². The molecule has 1 atom stereocenters. The van der Waals surface area contributed by atoms with Crippen LogP contribution in [0.3, 0.4) is 0 Å². The summed E-state index contributed by atoms with van der Waals surface area (Å²) in [6.07, 6.45) is 2.24. The fraction of sp³-hybridized carbons (Fsp3) is 0.300. The molecule has 1 fully saturated rings. The van der Waals surface area contributed by atoms with Crippen molar-refractivity contribution < 1.29 is 9.50 Å². The zero-order valence-corrected chi connectivity index (χ0v) is 14.1. The summed E-state index contributed by atoms with van der Waals surface area (Å²) in [5, 5.41) is 10.9.